The number of anilines is 1. The first-order valence-electron chi connectivity index (χ1n) is 6.71. The topological polar surface area (TPSA) is 3.24 Å². The van der Waals surface area contributed by atoms with E-state index in [2.05, 4.69) is 43.0 Å². The number of nitrogens with zero attached hydrogens (tertiary/aromatic N) is 1. The Morgan fingerprint density at radius 2 is 1.81 bits per heavy atom. The van der Waals surface area contributed by atoms with Crippen LogP contribution in [0, 0.1) is 0 Å². The number of rotatable bonds is 5. The average Bonchev–Trinajstić information content (AvgIpc) is 2.72. The molecule has 1 aliphatic rings. The van der Waals surface area contributed by atoms with Crippen LogP contribution >= 0.6 is 0 Å². The second kappa shape index (κ2) is 5.38. The summed E-state index contributed by atoms with van der Waals surface area (Å²) in [6.07, 6.45) is 6.50. The molecule has 0 aromatic heterocycles. The molecule has 1 aromatic carbocycles. The largest absolute Gasteiger partial charge is 0.368 e. The molecule has 88 valence electrons. The van der Waals surface area contributed by atoms with E-state index in [1.54, 1.807) is 5.56 Å². The van der Waals surface area contributed by atoms with Crippen molar-refractivity contribution in [1.82, 2.24) is 0 Å². The molecule has 1 heterocycles. The van der Waals surface area contributed by atoms with E-state index in [-0.39, 0.29) is 0 Å². The second-order valence-electron chi connectivity index (χ2n) is 4.80. The lowest BCUT2D eigenvalue weighted by molar-refractivity contribution is 0.514. The highest BCUT2D eigenvalue weighted by Crippen LogP contribution is 2.31. The van der Waals surface area contributed by atoms with Crippen molar-refractivity contribution in [2.24, 2.45) is 0 Å². The normalized spacial score (nSPS) is 14.6. The van der Waals surface area contributed by atoms with Gasteiger partial charge >= 0.3 is 0 Å². The van der Waals surface area contributed by atoms with Gasteiger partial charge in [-0.1, -0.05) is 44.9 Å². The van der Waals surface area contributed by atoms with Crippen LogP contribution in [0.15, 0.2) is 24.3 Å². The van der Waals surface area contributed by atoms with Gasteiger partial charge in [-0.2, -0.15) is 0 Å². The minimum Gasteiger partial charge on any atom is -0.368 e. The lowest BCUT2D eigenvalue weighted by Gasteiger charge is -2.30. The molecule has 0 atom stereocenters. The number of hydrogen-bond acceptors (Lipinski definition) is 1. The van der Waals surface area contributed by atoms with Gasteiger partial charge in [-0.25, -0.2) is 0 Å². The van der Waals surface area contributed by atoms with Crippen molar-refractivity contribution in [2.45, 2.75) is 52.0 Å². The van der Waals surface area contributed by atoms with Crippen LogP contribution in [0.4, 0.5) is 5.69 Å². The van der Waals surface area contributed by atoms with Crippen LogP contribution in [0.1, 0.15) is 45.1 Å². The SMILES string of the molecule is CCCC(CCC)N1CCc2ccccc21. The van der Waals surface area contributed by atoms with Crippen LogP contribution in [0.2, 0.25) is 0 Å². The molecule has 1 aliphatic heterocycles. The molecule has 16 heavy (non-hydrogen) atoms. The van der Waals surface area contributed by atoms with Crippen LogP contribution in [-0.4, -0.2) is 12.6 Å². The van der Waals surface area contributed by atoms with Crippen LogP contribution in [0.25, 0.3) is 0 Å². The van der Waals surface area contributed by atoms with Crippen molar-refractivity contribution < 1.29 is 0 Å². The van der Waals surface area contributed by atoms with Gasteiger partial charge in [0, 0.05) is 18.3 Å². The van der Waals surface area contributed by atoms with Gasteiger partial charge in [0.05, 0.1) is 0 Å². The summed E-state index contributed by atoms with van der Waals surface area (Å²) in [6.45, 7) is 5.82. The lowest BCUT2D eigenvalue weighted by Crippen LogP contribution is -2.33. The van der Waals surface area contributed by atoms with Crippen molar-refractivity contribution in [3.8, 4) is 0 Å². The van der Waals surface area contributed by atoms with E-state index < -0.39 is 0 Å². The molecule has 2 rings (SSSR count). The monoisotopic (exact) mass is 217 g/mol. The van der Waals surface area contributed by atoms with E-state index in [1.807, 2.05) is 0 Å². The molecule has 0 unspecified atom stereocenters. The van der Waals surface area contributed by atoms with Gasteiger partial charge < -0.3 is 4.90 Å². The van der Waals surface area contributed by atoms with Gasteiger partial charge in [0.25, 0.3) is 0 Å². The molecule has 1 nitrogen and oxygen atoms in total. The van der Waals surface area contributed by atoms with Crippen molar-refractivity contribution in [1.29, 1.82) is 0 Å². The molecule has 0 aliphatic carbocycles. The second-order valence-corrected chi connectivity index (χ2v) is 4.80. The van der Waals surface area contributed by atoms with Gasteiger partial charge in [-0.15, -0.1) is 0 Å². The molecule has 0 spiro atoms. The Balaban J connectivity index is 2.15. The summed E-state index contributed by atoms with van der Waals surface area (Å²) in [5, 5.41) is 0. The zero-order valence-electron chi connectivity index (χ0n) is 10.6. The molecule has 0 radical (unpaired) electrons. The number of fused-ring (bicyclic) bond motifs is 1. The maximum atomic E-state index is 2.64. The Kier molecular flexibility index (Phi) is 3.87. The molecule has 0 fully saturated rings. The smallest absolute Gasteiger partial charge is 0.0402 e. The molecular formula is C15H23N. The first-order chi connectivity index (χ1) is 7.86. The summed E-state index contributed by atoms with van der Waals surface area (Å²) >= 11 is 0. The fourth-order valence-electron chi connectivity index (χ4n) is 2.87. The number of hydrogen-bond donors (Lipinski definition) is 0. The summed E-state index contributed by atoms with van der Waals surface area (Å²) in [7, 11) is 0. The molecule has 0 N–H and O–H groups in total. The Bertz CT molecular complexity index is 326. The highest BCUT2D eigenvalue weighted by Gasteiger charge is 2.24. The summed E-state index contributed by atoms with van der Waals surface area (Å²) in [4.78, 5) is 2.64. The molecule has 0 saturated carbocycles. The van der Waals surface area contributed by atoms with Gasteiger partial charge in [-0.3, -0.25) is 0 Å². The molecular weight excluding hydrogens is 194 g/mol. The van der Waals surface area contributed by atoms with Crippen LogP contribution < -0.4 is 4.90 Å². The third-order valence-electron chi connectivity index (χ3n) is 3.61. The third-order valence-corrected chi connectivity index (χ3v) is 3.61. The van der Waals surface area contributed by atoms with E-state index in [0.717, 1.165) is 6.04 Å². The van der Waals surface area contributed by atoms with Gasteiger partial charge in [0.15, 0.2) is 0 Å². The van der Waals surface area contributed by atoms with E-state index in [9.17, 15) is 0 Å². The zero-order valence-corrected chi connectivity index (χ0v) is 10.6. The summed E-state index contributed by atoms with van der Waals surface area (Å²) in [5.41, 5.74) is 3.04. The van der Waals surface area contributed by atoms with Gasteiger partial charge in [-0.05, 0) is 30.9 Å². The van der Waals surface area contributed by atoms with Crippen LogP contribution in [0.5, 0.6) is 0 Å². The summed E-state index contributed by atoms with van der Waals surface area (Å²) < 4.78 is 0. The van der Waals surface area contributed by atoms with Crippen molar-refractivity contribution in [3.63, 3.8) is 0 Å². The first-order valence-corrected chi connectivity index (χ1v) is 6.71. The standard InChI is InChI=1S/C15H23N/c1-3-7-14(8-4-2)16-12-11-13-9-5-6-10-15(13)16/h5-6,9-10,14H,3-4,7-8,11-12H2,1-2H3. The highest BCUT2D eigenvalue weighted by atomic mass is 15.2. The fraction of sp³-hybridized carbons (Fsp3) is 0.600. The van der Waals surface area contributed by atoms with Crippen LogP contribution in [0.3, 0.4) is 0 Å². The van der Waals surface area contributed by atoms with Crippen molar-refractivity contribution in [3.05, 3.63) is 29.8 Å². The Hall–Kier alpha value is -0.980. The zero-order chi connectivity index (χ0) is 11.4. The summed E-state index contributed by atoms with van der Waals surface area (Å²) in [6, 6.07) is 9.67. The average molecular weight is 217 g/mol. The van der Waals surface area contributed by atoms with E-state index >= 15 is 0 Å². The van der Waals surface area contributed by atoms with E-state index in [0.29, 0.717) is 0 Å². The predicted octanol–water partition coefficient (Wildman–Crippen LogP) is 4.02. The Labute approximate surface area is 99.5 Å². The van der Waals surface area contributed by atoms with Gasteiger partial charge in [0.1, 0.15) is 0 Å². The van der Waals surface area contributed by atoms with Crippen LogP contribution in [-0.2, 0) is 6.42 Å². The minimum atomic E-state index is 0.763. The number of para-hydroxylation sites is 1. The Morgan fingerprint density at radius 1 is 1.12 bits per heavy atom. The fourth-order valence-corrected chi connectivity index (χ4v) is 2.87. The molecule has 0 saturated heterocycles. The maximum absolute atomic E-state index is 2.64. The molecule has 1 aromatic rings. The highest BCUT2D eigenvalue weighted by molar-refractivity contribution is 5.58. The maximum Gasteiger partial charge on any atom is 0.0402 e. The summed E-state index contributed by atoms with van der Waals surface area (Å²) in [5.74, 6) is 0. The quantitative estimate of drug-likeness (QED) is 0.720. The first kappa shape index (κ1) is 11.5. The number of benzene rings is 1. The van der Waals surface area contributed by atoms with E-state index in [4.69, 9.17) is 0 Å². The molecule has 1 heteroatoms. The van der Waals surface area contributed by atoms with Gasteiger partial charge in [0.2, 0.25) is 0 Å². The molecule has 0 amide bonds. The third kappa shape index (κ3) is 2.23. The predicted molar refractivity (Wildman–Crippen MR) is 71.1 cm³/mol. The molecule has 0 bridgehead atoms. The van der Waals surface area contributed by atoms with E-state index in [1.165, 1.54) is 44.3 Å². The van der Waals surface area contributed by atoms with Crippen molar-refractivity contribution >= 4 is 5.69 Å². The minimum absolute atomic E-state index is 0.763. The Morgan fingerprint density at radius 3 is 2.50 bits per heavy atom. The lowest BCUT2D eigenvalue weighted by atomic mass is 10.0. The van der Waals surface area contributed by atoms with Crippen molar-refractivity contribution in [2.75, 3.05) is 11.4 Å².